The minimum absolute atomic E-state index is 0.0473. The average Bonchev–Trinajstić information content (AvgIpc) is 3.15. The molecule has 31 heavy (non-hydrogen) atoms. The predicted octanol–water partition coefficient (Wildman–Crippen LogP) is 3.21. The predicted molar refractivity (Wildman–Crippen MR) is 111 cm³/mol. The number of nitrogens with zero attached hydrogens (tertiary/aromatic N) is 3. The van der Waals surface area contributed by atoms with Gasteiger partial charge in [-0.1, -0.05) is 18.7 Å². The minimum atomic E-state index is -4.41. The number of carbonyl (C=O) groups excluding carboxylic acids is 1. The summed E-state index contributed by atoms with van der Waals surface area (Å²) in [4.78, 5) is 22.5. The highest BCUT2D eigenvalue weighted by Crippen LogP contribution is 2.31. The van der Waals surface area contributed by atoms with Crippen LogP contribution in [0.1, 0.15) is 17.2 Å². The number of urea groups is 1. The molecule has 8 nitrogen and oxygen atoms in total. The number of nitrogens with one attached hydrogen (secondary N) is 1. The highest BCUT2D eigenvalue weighted by Gasteiger charge is 2.32. The maximum Gasteiger partial charge on any atom is 0.416 e. The van der Waals surface area contributed by atoms with Crippen LogP contribution in [-0.2, 0) is 15.7 Å². The van der Waals surface area contributed by atoms with Crippen molar-refractivity contribution in [3.63, 3.8) is 0 Å². The summed E-state index contributed by atoms with van der Waals surface area (Å²) >= 11 is 1.09. The fourth-order valence-electron chi connectivity index (χ4n) is 2.89. The van der Waals surface area contributed by atoms with Gasteiger partial charge in [0.25, 0.3) is 0 Å². The van der Waals surface area contributed by atoms with Crippen molar-refractivity contribution in [2.75, 3.05) is 26.8 Å². The molecule has 3 rings (SSSR count). The molecule has 0 aliphatic carbocycles. The number of hydrogen-bond donors (Lipinski definition) is 2. The first-order valence-electron chi connectivity index (χ1n) is 9.07. The molecule has 1 unspecified atom stereocenters. The first-order valence-corrected chi connectivity index (χ1v) is 9.88. The van der Waals surface area contributed by atoms with Crippen molar-refractivity contribution in [2.45, 2.75) is 12.3 Å². The first kappa shape index (κ1) is 22.7. The summed E-state index contributed by atoms with van der Waals surface area (Å²) < 4.78 is 48.9. The second-order valence-corrected chi connectivity index (χ2v) is 7.39. The number of ether oxygens (including phenoxy) is 2. The van der Waals surface area contributed by atoms with E-state index in [9.17, 15) is 18.0 Å². The number of alkyl halides is 3. The third-order valence-corrected chi connectivity index (χ3v) is 5.33. The Bertz CT molecular complexity index is 944. The van der Waals surface area contributed by atoms with Crippen molar-refractivity contribution in [3.8, 4) is 0 Å². The minimum Gasteiger partial charge on any atom is -0.481 e. The van der Waals surface area contributed by atoms with E-state index in [-0.39, 0.29) is 29.9 Å². The molecule has 2 aliphatic heterocycles. The van der Waals surface area contributed by atoms with Gasteiger partial charge in [-0.15, -0.1) is 0 Å². The van der Waals surface area contributed by atoms with E-state index in [1.165, 1.54) is 30.3 Å². The van der Waals surface area contributed by atoms with Crippen molar-refractivity contribution in [2.24, 2.45) is 15.7 Å². The zero-order valence-electron chi connectivity index (χ0n) is 16.5. The number of nitrogens with two attached hydrogens (primary N) is 1. The van der Waals surface area contributed by atoms with Gasteiger partial charge in [-0.05, 0) is 29.5 Å². The van der Waals surface area contributed by atoms with E-state index < -0.39 is 23.9 Å². The topological polar surface area (TPSA) is 102 Å². The van der Waals surface area contributed by atoms with Gasteiger partial charge in [0.2, 0.25) is 5.88 Å². The summed E-state index contributed by atoms with van der Waals surface area (Å²) in [7, 11) is 1.39. The lowest BCUT2D eigenvalue weighted by molar-refractivity contribution is -0.137. The van der Waals surface area contributed by atoms with Crippen LogP contribution < -0.4 is 11.1 Å². The number of benzene rings is 1. The number of hydrogen-bond acceptors (Lipinski definition) is 7. The molecule has 1 aromatic rings. The molecule has 0 saturated carbocycles. The lowest BCUT2D eigenvalue weighted by atomic mass is 10.1. The number of carbonyl (C=O) groups is 1. The average molecular weight is 455 g/mol. The summed E-state index contributed by atoms with van der Waals surface area (Å²) in [5.74, 6) is 0.0473. The maximum atomic E-state index is 12.8. The number of halogens is 3. The van der Waals surface area contributed by atoms with E-state index in [4.69, 9.17) is 15.2 Å². The Hall–Kier alpha value is -2.99. The largest absolute Gasteiger partial charge is 0.481 e. The fraction of sp³-hybridized carbons (Fsp3) is 0.316. The lowest BCUT2D eigenvalue weighted by Crippen LogP contribution is -2.48. The SMILES string of the molecule is C=C/N=C1/SC(NC(=O)N2CCOC(c3ccc(C(F)(F)F)cc3)C2)=N/C1=C(/N)OC. The normalized spacial score (nSPS) is 22.2. The van der Waals surface area contributed by atoms with Crippen LogP contribution in [0, 0.1) is 0 Å². The number of thioether (sulfide) groups is 1. The third kappa shape index (κ3) is 5.39. The maximum absolute atomic E-state index is 12.8. The highest BCUT2D eigenvalue weighted by molar-refractivity contribution is 8.27. The second-order valence-electron chi connectivity index (χ2n) is 6.41. The van der Waals surface area contributed by atoms with Crippen molar-refractivity contribution >= 4 is 28.0 Å². The molecule has 0 spiro atoms. The summed E-state index contributed by atoms with van der Waals surface area (Å²) in [6.07, 6.45) is -3.63. The number of morpholine rings is 1. The zero-order valence-corrected chi connectivity index (χ0v) is 17.3. The van der Waals surface area contributed by atoms with Gasteiger partial charge in [0, 0.05) is 12.7 Å². The molecule has 1 saturated heterocycles. The van der Waals surface area contributed by atoms with Crippen LogP contribution in [0.3, 0.4) is 0 Å². The van der Waals surface area contributed by atoms with Gasteiger partial charge >= 0.3 is 12.2 Å². The first-order chi connectivity index (χ1) is 14.7. The van der Waals surface area contributed by atoms with Gasteiger partial charge in [0.15, 0.2) is 10.9 Å². The zero-order chi connectivity index (χ0) is 22.6. The summed E-state index contributed by atoms with van der Waals surface area (Å²) in [6, 6.07) is 4.27. The Morgan fingerprint density at radius 3 is 2.77 bits per heavy atom. The Balaban J connectivity index is 1.67. The van der Waals surface area contributed by atoms with E-state index in [2.05, 4.69) is 21.9 Å². The molecule has 1 atom stereocenters. The van der Waals surface area contributed by atoms with Crippen LogP contribution in [0.15, 0.2) is 58.6 Å². The molecule has 0 radical (unpaired) electrons. The summed E-state index contributed by atoms with van der Waals surface area (Å²) in [5.41, 5.74) is 5.86. The van der Waals surface area contributed by atoms with Crippen molar-refractivity contribution < 1.29 is 27.4 Å². The van der Waals surface area contributed by atoms with Crippen molar-refractivity contribution in [1.29, 1.82) is 0 Å². The van der Waals surface area contributed by atoms with Gasteiger partial charge in [0.05, 0.1) is 25.8 Å². The molecule has 3 N–H and O–H groups in total. The quantitative estimate of drug-likeness (QED) is 0.682. The Morgan fingerprint density at radius 2 is 2.16 bits per heavy atom. The van der Waals surface area contributed by atoms with Gasteiger partial charge in [-0.25, -0.2) is 14.8 Å². The van der Waals surface area contributed by atoms with E-state index >= 15 is 0 Å². The number of aliphatic imine (C=N–C) groups is 2. The Kier molecular flexibility index (Phi) is 6.91. The van der Waals surface area contributed by atoms with Crippen molar-refractivity contribution in [1.82, 2.24) is 10.2 Å². The molecule has 12 heteroatoms. The Labute approximate surface area is 180 Å². The van der Waals surface area contributed by atoms with E-state index in [1.54, 1.807) is 0 Å². The number of rotatable bonds is 3. The molecular weight excluding hydrogens is 435 g/mol. The molecule has 0 bridgehead atoms. The molecule has 2 amide bonds. The van der Waals surface area contributed by atoms with E-state index in [0.29, 0.717) is 17.2 Å². The summed E-state index contributed by atoms with van der Waals surface area (Å²) in [5, 5.41) is 3.37. The molecule has 1 aromatic carbocycles. The molecule has 1 fully saturated rings. The number of amides is 2. The van der Waals surface area contributed by atoms with Gasteiger partial charge in [0.1, 0.15) is 11.1 Å². The standard InChI is InChI=1S/C19H20F3N5O3S/c1-3-24-16-14(15(23)29-2)25-17(31-16)26-18(28)27-8-9-30-13(10-27)11-4-6-12(7-5-11)19(20,21)22/h3-7,13H,1,8-10,23H2,2H3,(H,25,26,28)/b15-14-,24-16+. The molecular formula is C19H20F3N5O3S. The van der Waals surface area contributed by atoms with Crippen LogP contribution in [0.4, 0.5) is 18.0 Å². The van der Waals surface area contributed by atoms with Gasteiger partial charge < -0.3 is 20.1 Å². The van der Waals surface area contributed by atoms with Crippen LogP contribution in [0.25, 0.3) is 0 Å². The molecule has 2 aliphatic rings. The van der Waals surface area contributed by atoms with Gasteiger partial charge in [-0.2, -0.15) is 13.2 Å². The molecule has 2 heterocycles. The number of methoxy groups -OCH3 is 1. The van der Waals surface area contributed by atoms with Crippen LogP contribution in [0.5, 0.6) is 0 Å². The van der Waals surface area contributed by atoms with E-state index in [0.717, 1.165) is 23.9 Å². The lowest BCUT2D eigenvalue weighted by Gasteiger charge is -2.33. The molecule has 166 valence electrons. The van der Waals surface area contributed by atoms with Crippen LogP contribution >= 0.6 is 11.8 Å². The smallest absolute Gasteiger partial charge is 0.416 e. The fourth-order valence-corrected chi connectivity index (χ4v) is 3.71. The third-order valence-electron chi connectivity index (χ3n) is 4.45. The monoisotopic (exact) mass is 455 g/mol. The Morgan fingerprint density at radius 1 is 1.45 bits per heavy atom. The van der Waals surface area contributed by atoms with Crippen molar-refractivity contribution in [3.05, 3.63) is 59.8 Å². The second kappa shape index (κ2) is 9.43. The van der Waals surface area contributed by atoms with Gasteiger partial charge in [-0.3, -0.25) is 5.32 Å². The summed E-state index contributed by atoms with van der Waals surface area (Å²) in [6.45, 7) is 4.26. The number of amidine groups is 1. The van der Waals surface area contributed by atoms with Crippen LogP contribution in [0.2, 0.25) is 0 Å². The van der Waals surface area contributed by atoms with E-state index in [1.807, 2.05) is 0 Å². The highest BCUT2D eigenvalue weighted by atomic mass is 32.2. The molecule has 0 aromatic heterocycles. The van der Waals surface area contributed by atoms with Crippen LogP contribution in [-0.4, -0.2) is 47.9 Å².